The van der Waals surface area contributed by atoms with E-state index in [1.54, 1.807) is 4.68 Å². The van der Waals surface area contributed by atoms with Gasteiger partial charge in [-0.25, -0.2) is 13.2 Å². The zero-order chi connectivity index (χ0) is 14.3. The van der Waals surface area contributed by atoms with Gasteiger partial charge in [0.15, 0.2) is 15.5 Å². The molecule has 0 radical (unpaired) electrons. The zero-order valence-corrected chi connectivity index (χ0v) is 12.0. The van der Waals surface area contributed by atoms with Crippen molar-refractivity contribution in [1.82, 2.24) is 9.78 Å². The summed E-state index contributed by atoms with van der Waals surface area (Å²) >= 11 is 0. The number of carbonyl (C=O) groups is 1. The lowest BCUT2D eigenvalue weighted by Gasteiger charge is -2.25. The molecule has 108 valence electrons. The van der Waals surface area contributed by atoms with Crippen LogP contribution in [0.2, 0.25) is 0 Å². The second kappa shape index (κ2) is 3.44. The van der Waals surface area contributed by atoms with Gasteiger partial charge in [-0.2, -0.15) is 5.10 Å². The van der Waals surface area contributed by atoms with Crippen LogP contribution in [0.1, 0.15) is 47.4 Å². The van der Waals surface area contributed by atoms with Gasteiger partial charge >= 0.3 is 5.97 Å². The van der Waals surface area contributed by atoms with Gasteiger partial charge in [0.2, 0.25) is 0 Å². The van der Waals surface area contributed by atoms with Gasteiger partial charge in [0, 0.05) is 17.2 Å². The van der Waals surface area contributed by atoms with E-state index < -0.39 is 21.3 Å². The Morgan fingerprint density at radius 3 is 2.85 bits per heavy atom. The van der Waals surface area contributed by atoms with Crippen molar-refractivity contribution >= 4 is 15.8 Å². The maximum atomic E-state index is 11.8. The topological polar surface area (TPSA) is 89.3 Å². The van der Waals surface area contributed by atoms with E-state index in [0.29, 0.717) is 18.3 Å². The number of fused-ring (bicyclic) bond motifs is 3. The van der Waals surface area contributed by atoms with Crippen LogP contribution >= 0.6 is 0 Å². The number of nitrogens with zero attached hydrogens (tertiary/aromatic N) is 2. The summed E-state index contributed by atoms with van der Waals surface area (Å²) in [5, 5.41) is 13.6. The average molecular weight is 296 g/mol. The fourth-order valence-corrected chi connectivity index (χ4v) is 5.97. The molecule has 0 amide bonds. The lowest BCUT2D eigenvalue weighted by atomic mass is 10.0. The SMILES string of the molecule is C[C@@]1(n2nc(C(=O)O)c3c2[C@@H]2C[C@@H]2C3)CCS(=O)(=O)C1. The van der Waals surface area contributed by atoms with Gasteiger partial charge in [0.25, 0.3) is 0 Å². The molecule has 1 aliphatic heterocycles. The molecular formula is C13H16N2O4S. The molecule has 7 heteroatoms. The van der Waals surface area contributed by atoms with Crippen LogP contribution in [0.4, 0.5) is 0 Å². The van der Waals surface area contributed by atoms with Crippen LogP contribution < -0.4 is 0 Å². The van der Waals surface area contributed by atoms with Crippen LogP contribution in [0.5, 0.6) is 0 Å². The van der Waals surface area contributed by atoms with Gasteiger partial charge in [-0.05, 0) is 32.1 Å². The first-order valence-corrected chi connectivity index (χ1v) is 8.69. The molecule has 2 heterocycles. The quantitative estimate of drug-likeness (QED) is 0.871. The van der Waals surface area contributed by atoms with Crippen LogP contribution in [0, 0.1) is 5.92 Å². The summed E-state index contributed by atoms with van der Waals surface area (Å²) in [5.74, 6) is 0.157. The molecule has 2 aliphatic carbocycles. The maximum absolute atomic E-state index is 11.8. The van der Waals surface area contributed by atoms with Crippen LogP contribution in [0.15, 0.2) is 0 Å². The molecule has 6 nitrogen and oxygen atoms in total. The standard InChI is InChI=1S/C13H16N2O4S/c1-13(2-3-20(18,19)6-13)15-11-8-4-7(8)5-9(11)10(14-15)12(16)17/h7-8H,2-6H2,1H3,(H,16,17)/t7-,8-,13-/m1/s1. The molecular weight excluding hydrogens is 280 g/mol. The van der Waals surface area contributed by atoms with Gasteiger partial charge in [-0.15, -0.1) is 0 Å². The second-order valence-corrected chi connectivity index (χ2v) is 8.76. The smallest absolute Gasteiger partial charge is 0.356 e. The van der Waals surface area contributed by atoms with Crippen molar-refractivity contribution in [2.45, 2.75) is 37.6 Å². The molecule has 1 saturated heterocycles. The highest BCUT2D eigenvalue weighted by Crippen LogP contribution is 2.58. The summed E-state index contributed by atoms with van der Waals surface area (Å²) in [4.78, 5) is 11.3. The predicted octanol–water partition coefficient (Wildman–Crippen LogP) is 0.775. The van der Waals surface area contributed by atoms with Crippen molar-refractivity contribution in [1.29, 1.82) is 0 Å². The fourth-order valence-electron chi connectivity index (χ4n) is 3.86. The Morgan fingerprint density at radius 1 is 1.50 bits per heavy atom. The zero-order valence-electron chi connectivity index (χ0n) is 11.2. The molecule has 1 N–H and O–H groups in total. The van der Waals surface area contributed by atoms with Crippen molar-refractivity contribution in [2.75, 3.05) is 11.5 Å². The lowest BCUT2D eigenvalue weighted by molar-refractivity contribution is 0.0687. The van der Waals surface area contributed by atoms with Crippen LogP contribution in [-0.2, 0) is 21.8 Å². The highest BCUT2D eigenvalue weighted by molar-refractivity contribution is 7.91. The van der Waals surface area contributed by atoms with Gasteiger partial charge in [0.05, 0.1) is 17.0 Å². The summed E-state index contributed by atoms with van der Waals surface area (Å²) in [6.07, 6.45) is 2.38. The first-order valence-electron chi connectivity index (χ1n) is 6.87. The summed E-state index contributed by atoms with van der Waals surface area (Å²) in [5.41, 5.74) is 1.36. The molecule has 2 fully saturated rings. The largest absolute Gasteiger partial charge is 0.476 e. The minimum absolute atomic E-state index is 0.0601. The summed E-state index contributed by atoms with van der Waals surface area (Å²) in [7, 11) is -3.04. The van der Waals surface area contributed by atoms with E-state index in [1.165, 1.54) is 0 Å². The lowest BCUT2D eigenvalue weighted by Crippen LogP contribution is -2.34. The van der Waals surface area contributed by atoms with Crippen LogP contribution in [-0.4, -0.2) is 40.8 Å². The summed E-state index contributed by atoms with van der Waals surface area (Å²) < 4.78 is 25.3. The highest BCUT2D eigenvalue weighted by Gasteiger charge is 2.53. The molecule has 1 aromatic rings. The van der Waals surface area contributed by atoms with E-state index in [4.69, 9.17) is 0 Å². The maximum Gasteiger partial charge on any atom is 0.356 e. The first kappa shape index (κ1) is 12.4. The van der Waals surface area contributed by atoms with E-state index in [2.05, 4.69) is 5.10 Å². The molecule has 3 aliphatic rings. The van der Waals surface area contributed by atoms with Gasteiger partial charge in [0.1, 0.15) is 0 Å². The molecule has 1 aromatic heterocycles. The number of sulfone groups is 1. The van der Waals surface area contributed by atoms with E-state index in [1.807, 2.05) is 6.92 Å². The van der Waals surface area contributed by atoms with Crippen LogP contribution in [0.3, 0.4) is 0 Å². The third kappa shape index (κ3) is 1.52. The number of aromatic carboxylic acids is 1. The number of carboxylic acids is 1. The van der Waals surface area contributed by atoms with Crippen molar-refractivity contribution in [2.24, 2.45) is 5.92 Å². The monoisotopic (exact) mass is 296 g/mol. The number of hydrogen-bond acceptors (Lipinski definition) is 4. The molecule has 4 rings (SSSR count). The number of rotatable bonds is 2. The normalized spacial score (nSPS) is 36.6. The fraction of sp³-hybridized carbons (Fsp3) is 0.692. The Hall–Kier alpha value is -1.37. The van der Waals surface area contributed by atoms with Crippen molar-refractivity contribution in [3.05, 3.63) is 17.0 Å². The highest BCUT2D eigenvalue weighted by atomic mass is 32.2. The Labute approximate surface area is 116 Å². The third-order valence-electron chi connectivity index (χ3n) is 4.96. The molecule has 0 bridgehead atoms. The molecule has 1 saturated carbocycles. The molecule has 20 heavy (non-hydrogen) atoms. The summed E-state index contributed by atoms with van der Waals surface area (Å²) in [6, 6.07) is 0. The minimum Gasteiger partial charge on any atom is -0.476 e. The third-order valence-corrected chi connectivity index (χ3v) is 6.85. The van der Waals surface area contributed by atoms with Gasteiger partial charge in [-0.1, -0.05) is 0 Å². The van der Waals surface area contributed by atoms with Gasteiger partial charge in [-0.3, -0.25) is 4.68 Å². The van der Waals surface area contributed by atoms with E-state index in [0.717, 1.165) is 24.1 Å². The molecule has 0 aromatic carbocycles. The Bertz CT molecular complexity index is 736. The van der Waals surface area contributed by atoms with Crippen LogP contribution in [0.25, 0.3) is 0 Å². The number of hydrogen-bond donors (Lipinski definition) is 1. The molecule has 0 spiro atoms. The molecule has 0 unspecified atom stereocenters. The number of carboxylic acid groups (broad SMARTS) is 1. The number of aromatic nitrogens is 2. The van der Waals surface area contributed by atoms with Crippen molar-refractivity contribution in [3.63, 3.8) is 0 Å². The van der Waals surface area contributed by atoms with Crippen molar-refractivity contribution in [3.8, 4) is 0 Å². The molecule has 3 atom stereocenters. The van der Waals surface area contributed by atoms with E-state index in [9.17, 15) is 18.3 Å². The average Bonchev–Trinajstić information content (AvgIpc) is 2.71. The Morgan fingerprint density at radius 2 is 2.25 bits per heavy atom. The van der Waals surface area contributed by atoms with Crippen molar-refractivity contribution < 1.29 is 18.3 Å². The Kier molecular flexibility index (Phi) is 2.13. The predicted molar refractivity (Wildman–Crippen MR) is 70.7 cm³/mol. The Balaban J connectivity index is 1.87. The van der Waals surface area contributed by atoms with E-state index in [-0.39, 0.29) is 17.2 Å². The van der Waals surface area contributed by atoms with E-state index >= 15 is 0 Å². The second-order valence-electron chi connectivity index (χ2n) is 6.57. The van der Waals surface area contributed by atoms with Gasteiger partial charge < -0.3 is 5.11 Å². The minimum atomic E-state index is -3.04. The first-order chi connectivity index (χ1) is 9.31. The summed E-state index contributed by atoms with van der Waals surface area (Å²) in [6.45, 7) is 1.88.